The molecule has 7 heteroatoms. The largest absolute Gasteiger partial charge is 0.497 e. The van der Waals surface area contributed by atoms with E-state index in [1.807, 2.05) is 29.2 Å². The van der Waals surface area contributed by atoms with Gasteiger partial charge >= 0.3 is 12.1 Å². The van der Waals surface area contributed by atoms with Crippen LogP contribution >= 0.6 is 0 Å². The fourth-order valence-corrected chi connectivity index (χ4v) is 3.96. The first-order valence-corrected chi connectivity index (χ1v) is 9.08. The van der Waals surface area contributed by atoms with E-state index in [-0.39, 0.29) is 17.5 Å². The van der Waals surface area contributed by atoms with Gasteiger partial charge in [-0.2, -0.15) is 0 Å². The molecule has 2 aliphatic heterocycles. The molecule has 0 bridgehead atoms. The van der Waals surface area contributed by atoms with Crippen molar-refractivity contribution in [3.63, 3.8) is 0 Å². The van der Waals surface area contributed by atoms with Gasteiger partial charge in [0.2, 0.25) is 0 Å². The quantitative estimate of drug-likeness (QED) is 0.878. The summed E-state index contributed by atoms with van der Waals surface area (Å²) in [6, 6.07) is 7.27. The van der Waals surface area contributed by atoms with Crippen molar-refractivity contribution in [1.82, 2.24) is 9.80 Å². The topological polar surface area (TPSA) is 71.1 Å². The Hall–Kier alpha value is -2.44. The van der Waals surface area contributed by atoms with E-state index in [0.717, 1.165) is 50.2 Å². The smallest absolute Gasteiger partial charge is 0.409 e. The molecule has 2 aliphatic rings. The molecule has 142 valence electrons. The third-order valence-corrected chi connectivity index (χ3v) is 5.55. The molecular formula is C19H27N3O4. The third kappa shape index (κ3) is 4.03. The van der Waals surface area contributed by atoms with Crippen LogP contribution in [-0.4, -0.2) is 62.3 Å². The van der Waals surface area contributed by atoms with Crippen molar-refractivity contribution < 1.29 is 19.1 Å². The Morgan fingerprint density at radius 1 is 1.00 bits per heavy atom. The number of rotatable bonds is 2. The predicted molar refractivity (Wildman–Crippen MR) is 98.5 cm³/mol. The SMILES string of the molecule is COC(=O)N1CCC2(CCCN(C(=O)Nc3ccc(OC)cc3)C2)CC1. The number of benzene rings is 1. The summed E-state index contributed by atoms with van der Waals surface area (Å²) in [6.07, 6.45) is 3.66. The first-order chi connectivity index (χ1) is 12.5. The molecule has 0 radical (unpaired) electrons. The highest BCUT2D eigenvalue weighted by molar-refractivity contribution is 5.89. The number of anilines is 1. The van der Waals surface area contributed by atoms with Gasteiger partial charge < -0.3 is 24.6 Å². The lowest BCUT2D eigenvalue weighted by Crippen LogP contribution is -2.52. The minimum Gasteiger partial charge on any atom is -0.497 e. The summed E-state index contributed by atoms with van der Waals surface area (Å²) in [5, 5.41) is 2.97. The molecule has 0 unspecified atom stereocenters. The van der Waals surface area contributed by atoms with E-state index in [4.69, 9.17) is 9.47 Å². The van der Waals surface area contributed by atoms with Gasteiger partial charge in [-0.05, 0) is 55.4 Å². The van der Waals surface area contributed by atoms with Gasteiger partial charge in [-0.25, -0.2) is 9.59 Å². The summed E-state index contributed by atoms with van der Waals surface area (Å²) < 4.78 is 9.95. The Morgan fingerprint density at radius 2 is 1.69 bits per heavy atom. The molecule has 3 amide bonds. The van der Waals surface area contributed by atoms with Crippen LogP contribution in [0.1, 0.15) is 25.7 Å². The van der Waals surface area contributed by atoms with Crippen molar-refractivity contribution in [1.29, 1.82) is 0 Å². The Bertz CT molecular complexity index is 639. The van der Waals surface area contributed by atoms with Crippen LogP contribution in [0.4, 0.5) is 15.3 Å². The highest BCUT2D eigenvalue weighted by Gasteiger charge is 2.40. The number of piperidine rings is 2. The van der Waals surface area contributed by atoms with E-state index in [2.05, 4.69) is 5.32 Å². The molecule has 2 fully saturated rings. The van der Waals surface area contributed by atoms with Gasteiger partial charge in [-0.3, -0.25) is 0 Å². The van der Waals surface area contributed by atoms with E-state index >= 15 is 0 Å². The summed E-state index contributed by atoms with van der Waals surface area (Å²) in [7, 11) is 3.03. The number of urea groups is 1. The zero-order valence-corrected chi connectivity index (χ0v) is 15.5. The second-order valence-electron chi connectivity index (χ2n) is 7.14. The van der Waals surface area contributed by atoms with Crippen molar-refractivity contribution in [3.05, 3.63) is 24.3 Å². The van der Waals surface area contributed by atoms with Crippen molar-refractivity contribution in [2.24, 2.45) is 5.41 Å². The second kappa shape index (κ2) is 7.85. The maximum Gasteiger partial charge on any atom is 0.409 e. The molecule has 7 nitrogen and oxygen atoms in total. The molecule has 0 atom stereocenters. The van der Waals surface area contributed by atoms with Gasteiger partial charge in [-0.1, -0.05) is 0 Å². The van der Waals surface area contributed by atoms with E-state index in [1.165, 1.54) is 7.11 Å². The van der Waals surface area contributed by atoms with E-state index in [1.54, 1.807) is 12.0 Å². The number of methoxy groups -OCH3 is 2. The average Bonchev–Trinajstić information content (AvgIpc) is 2.68. The number of nitrogens with zero attached hydrogens (tertiary/aromatic N) is 2. The number of carbonyl (C=O) groups excluding carboxylic acids is 2. The zero-order chi connectivity index (χ0) is 18.6. The molecule has 1 N–H and O–H groups in total. The highest BCUT2D eigenvalue weighted by atomic mass is 16.5. The van der Waals surface area contributed by atoms with Crippen LogP contribution in [0, 0.1) is 5.41 Å². The minimum atomic E-state index is -0.259. The van der Waals surface area contributed by atoms with Crippen LogP contribution in [0.5, 0.6) is 5.75 Å². The van der Waals surface area contributed by atoms with Crippen molar-refractivity contribution in [3.8, 4) is 5.75 Å². The molecule has 0 saturated carbocycles. The lowest BCUT2D eigenvalue weighted by atomic mass is 9.72. The highest BCUT2D eigenvalue weighted by Crippen LogP contribution is 2.40. The fourth-order valence-electron chi connectivity index (χ4n) is 3.96. The third-order valence-electron chi connectivity index (χ3n) is 5.55. The number of hydrogen-bond donors (Lipinski definition) is 1. The second-order valence-corrected chi connectivity index (χ2v) is 7.14. The van der Waals surface area contributed by atoms with Crippen LogP contribution in [-0.2, 0) is 4.74 Å². The first kappa shape index (κ1) is 18.4. The van der Waals surface area contributed by atoms with Crippen LogP contribution in [0.3, 0.4) is 0 Å². The number of carbonyl (C=O) groups is 2. The normalized spacial score (nSPS) is 19.2. The molecule has 2 heterocycles. The van der Waals surface area contributed by atoms with Crippen LogP contribution < -0.4 is 10.1 Å². The summed E-state index contributed by atoms with van der Waals surface area (Å²) >= 11 is 0. The molecule has 1 aromatic rings. The molecule has 2 saturated heterocycles. The summed E-state index contributed by atoms with van der Waals surface area (Å²) in [4.78, 5) is 28.0. The van der Waals surface area contributed by atoms with Gasteiger partial charge in [0, 0.05) is 31.9 Å². The maximum atomic E-state index is 12.7. The van der Waals surface area contributed by atoms with E-state index in [9.17, 15) is 9.59 Å². The van der Waals surface area contributed by atoms with Gasteiger partial charge in [-0.15, -0.1) is 0 Å². The predicted octanol–water partition coefficient (Wildman–Crippen LogP) is 3.17. The number of ether oxygens (including phenoxy) is 2. The van der Waals surface area contributed by atoms with E-state index in [0.29, 0.717) is 13.1 Å². The summed E-state index contributed by atoms with van der Waals surface area (Å²) in [5.74, 6) is 0.761. The van der Waals surface area contributed by atoms with Gasteiger partial charge in [0.25, 0.3) is 0 Å². The monoisotopic (exact) mass is 361 g/mol. The first-order valence-electron chi connectivity index (χ1n) is 9.08. The maximum absolute atomic E-state index is 12.7. The van der Waals surface area contributed by atoms with Crippen molar-refractivity contribution in [2.45, 2.75) is 25.7 Å². The molecule has 0 aromatic heterocycles. The number of likely N-dealkylation sites (tertiary alicyclic amines) is 2. The number of nitrogens with one attached hydrogen (secondary N) is 1. The number of hydrogen-bond acceptors (Lipinski definition) is 4. The van der Waals surface area contributed by atoms with Gasteiger partial charge in [0.05, 0.1) is 14.2 Å². The Balaban J connectivity index is 1.57. The molecule has 3 rings (SSSR count). The fraction of sp³-hybridized carbons (Fsp3) is 0.579. The summed E-state index contributed by atoms with van der Waals surface area (Å²) in [6.45, 7) is 2.90. The molecule has 26 heavy (non-hydrogen) atoms. The lowest BCUT2D eigenvalue weighted by molar-refractivity contribution is 0.0366. The molecule has 0 aliphatic carbocycles. The van der Waals surface area contributed by atoms with Crippen LogP contribution in [0.2, 0.25) is 0 Å². The molecule has 1 spiro atoms. The minimum absolute atomic E-state index is 0.0651. The Kier molecular flexibility index (Phi) is 5.54. The zero-order valence-electron chi connectivity index (χ0n) is 15.5. The average molecular weight is 361 g/mol. The van der Waals surface area contributed by atoms with Gasteiger partial charge in [0.15, 0.2) is 0 Å². The van der Waals surface area contributed by atoms with Crippen molar-refractivity contribution in [2.75, 3.05) is 45.7 Å². The Morgan fingerprint density at radius 3 is 2.31 bits per heavy atom. The Labute approximate surface area is 154 Å². The van der Waals surface area contributed by atoms with E-state index < -0.39 is 0 Å². The summed E-state index contributed by atoms with van der Waals surface area (Å²) in [5.41, 5.74) is 0.871. The molecular weight excluding hydrogens is 334 g/mol. The van der Waals surface area contributed by atoms with Crippen LogP contribution in [0.25, 0.3) is 0 Å². The standard InChI is InChI=1S/C19H27N3O4/c1-25-16-6-4-15(5-7-16)20-17(23)22-11-3-8-19(14-22)9-12-21(13-10-19)18(24)26-2/h4-7H,3,8-14H2,1-2H3,(H,20,23). The van der Waals surface area contributed by atoms with Gasteiger partial charge in [0.1, 0.15) is 5.75 Å². The lowest BCUT2D eigenvalue weighted by Gasteiger charge is -2.47. The van der Waals surface area contributed by atoms with Crippen molar-refractivity contribution >= 4 is 17.8 Å². The molecule has 1 aromatic carbocycles. The number of amides is 3. The van der Waals surface area contributed by atoms with Crippen LogP contribution in [0.15, 0.2) is 24.3 Å².